The van der Waals surface area contributed by atoms with E-state index in [0.717, 1.165) is 32.5 Å². The number of aryl methyl sites for hydroxylation is 1. The van der Waals surface area contributed by atoms with Crippen molar-refractivity contribution in [2.75, 3.05) is 13.1 Å². The molecule has 0 aromatic heterocycles. The molecule has 0 aliphatic carbocycles. The number of carboxylic acid groups (broad SMARTS) is 1. The summed E-state index contributed by atoms with van der Waals surface area (Å²) in [6.07, 6.45) is 2.31. The molecule has 0 saturated carbocycles. The van der Waals surface area contributed by atoms with Crippen LogP contribution in [0.25, 0.3) is 0 Å². The maximum atomic E-state index is 10.7. The molecule has 1 heterocycles. The van der Waals surface area contributed by atoms with Crippen molar-refractivity contribution in [2.45, 2.75) is 32.7 Å². The van der Waals surface area contributed by atoms with E-state index >= 15 is 0 Å². The van der Waals surface area contributed by atoms with Crippen LogP contribution in [-0.4, -0.2) is 29.1 Å². The van der Waals surface area contributed by atoms with Crippen molar-refractivity contribution in [3.05, 3.63) is 33.8 Å². The average Bonchev–Trinajstić information content (AvgIpc) is 2.34. The van der Waals surface area contributed by atoms with Crippen LogP contribution < -0.4 is 0 Å². The Morgan fingerprint density at radius 2 is 2.11 bits per heavy atom. The van der Waals surface area contributed by atoms with Gasteiger partial charge in [0.2, 0.25) is 0 Å². The van der Waals surface area contributed by atoms with Crippen molar-refractivity contribution in [3.63, 3.8) is 0 Å². The molecule has 1 saturated heterocycles. The first-order valence-electron chi connectivity index (χ1n) is 6.74. The van der Waals surface area contributed by atoms with Gasteiger partial charge in [-0.15, -0.1) is 0 Å². The van der Waals surface area contributed by atoms with Crippen LogP contribution in [0.15, 0.2) is 22.7 Å². The molecular weight excluding hydrogens is 306 g/mol. The van der Waals surface area contributed by atoms with Gasteiger partial charge < -0.3 is 5.11 Å². The van der Waals surface area contributed by atoms with Crippen molar-refractivity contribution in [1.29, 1.82) is 0 Å². The summed E-state index contributed by atoms with van der Waals surface area (Å²) in [6.45, 7) is 5.03. The molecule has 3 nitrogen and oxygen atoms in total. The zero-order chi connectivity index (χ0) is 13.8. The lowest BCUT2D eigenvalue weighted by atomic mass is 9.93. The van der Waals surface area contributed by atoms with Crippen molar-refractivity contribution in [1.82, 2.24) is 4.90 Å². The lowest BCUT2D eigenvalue weighted by molar-refractivity contribution is -0.138. The van der Waals surface area contributed by atoms with E-state index in [1.807, 2.05) is 0 Å². The monoisotopic (exact) mass is 325 g/mol. The molecule has 19 heavy (non-hydrogen) atoms. The Kier molecular flexibility index (Phi) is 4.99. The standard InChI is InChI=1S/C15H20BrNO2/c1-11-2-3-13(14(16)8-11)10-17-6-4-12(5-7-17)9-15(18)19/h2-3,8,12H,4-7,9-10H2,1H3,(H,18,19). The molecule has 2 rings (SSSR count). The van der Waals surface area contributed by atoms with Gasteiger partial charge in [-0.2, -0.15) is 0 Å². The maximum absolute atomic E-state index is 10.7. The fraction of sp³-hybridized carbons (Fsp3) is 0.533. The smallest absolute Gasteiger partial charge is 0.303 e. The predicted molar refractivity (Wildman–Crippen MR) is 79.1 cm³/mol. The molecular formula is C15H20BrNO2. The number of aliphatic carboxylic acids is 1. The number of carbonyl (C=O) groups is 1. The summed E-state index contributed by atoms with van der Waals surface area (Å²) >= 11 is 3.61. The molecule has 0 atom stereocenters. The maximum Gasteiger partial charge on any atom is 0.303 e. The van der Waals surface area contributed by atoms with E-state index in [1.165, 1.54) is 15.6 Å². The van der Waals surface area contributed by atoms with Gasteiger partial charge in [-0.1, -0.05) is 28.1 Å². The van der Waals surface area contributed by atoms with E-state index in [0.29, 0.717) is 12.3 Å². The summed E-state index contributed by atoms with van der Waals surface area (Å²) < 4.78 is 1.17. The molecule has 1 aromatic rings. The Balaban J connectivity index is 1.87. The van der Waals surface area contributed by atoms with Gasteiger partial charge in [0.25, 0.3) is 0 Å². The van der Waals surface area contributed by atoms with Crippen LogP contribution in [0.3, 0.4) is 0 Å². The van der Waals surface area contributed by atoms with Crippen LogP contribution >= 0.6 is 15.9 Å². The Morgan fingerprint density at radius 3 is 2.68 bits per heavy atom. The molecule has 0 radical (unpaired) electrons. The van der Waals surface area contributed by atoms with Crippen LogP contribution in [0.2, 0.25) is 0 Å². The lowest BCUT2D eigenvalue weighted by Gasteiger charge is -2.31. The van der Waals surface area contributed by atoms with E-state index in [2.05, 4.69) is 46.0 Å². The highest BCUT2D eigenvalue weighted by Gasteiger charge is 2.21. The van der Waals surface area contributed by atoms with Gasteiger partial charge in [0.05, 0.1) is 0 Å². The first-order valence-corrected chi connectivity index (χ1v) is 7.53. The minimum absolute atomic E-state index is 0.321. The van der Waals surface area contributed by atoms with Gasteiger partial charge in [-0.05, 0) is 56.0 Å². The minimum Gasteiger partial charge on any atom is -0.481 e. The quantitative estimate of drug-likeness (QED) is 0.921. The van der Waals surface area contributed by atoms with E-state index < -0.39 is 5.97 Å². The molecule has 4 heteroatoms. The third-order valence-corrected chi connectivity index (χ3v) is 4.51. The number of rotatable bonds is 4. The highest BCUT2D eigenvalue weighted by molar-refractivity contribution is 9.10. The van der Waals surface area contributed by atoms with Crippen molar-refractivity contribution in [2.24, 2.45) is 5.92 Å². The Labute approximate surface area is 122 Å². The van der Waals surface area contributed by atoms with E-state index in [9.17, 15) is 4.79 Å². The van der Waals surface area contributed by atoms with Gasteiger partial charge in [0.15, 0.2) is 0 Å². The molecule has 1 aliphatic heterocycles. The van der Waals surface area contributed by atoms with Crippen LogP contribution in [-0.2, 0) is 11.3 Å². The van der Waals surface area contributed by atoms with Gasteiger partial charge in [-0.3, -0.25) is 9.69 Å². The normalized spacial score (nSPS) is 17.6. The van der Waals surface area contributed by atoms with Crippen molar-refractivity contribution >= 4 is 21.9 Å². The van der Waals surface area contributed by atoms with Gasteiger partial charge in [-0.25, -0.2) is 0 Å². The largest absolute Gasteiger partial charge is 0.481 e. The van der Waals surface area contributed by atoms with Gasteiger partial charge in [0, 0.05) is 17.4 Å². The Morgan fingerprint density at radius 1 is 1.42 bits per heavy atom. The van der Waals surface area contributed by atoms with E-state index in [4.69, 9.17) is 5.11 Å². The summed E-state index contributed by atoms with van der Waals surface area (Å²) in [6, 6.07) is 6.45. The third kappa shape index (κ3) is 4.32. The lowest BCUT2D eigenvalue weighted by Crippen LogP contribution is -2.34. The first kappa shape index (κ1) is 14.5. The van der Waals surface area contributed by atoms with Crippen LogP contribution in [0.4, 0.5) is 0 Å². The van der Waals surface area contributed by atoms with Crippen molar-refractivity contribution in [3.8, 4) is 0 Å². The molecule has 1 fully saturated rings. The average molecular weight is 326 g/mol. The van der Waals surface area contributed by atoms with E-state index in [1.54, 1.807) is 0 Å². The van der Waals surface area contributed by atoms with Crippen LogP contribution in [0.1, 0.15) is 30.4 Å². The molecule has 0 unspecified atom stereocenters. The van der Waals surface area contributed by atoms with E-state index in [-0.39, 0.29) is 0 Å². The summed E-state index contributed by atoms with van der Waals surface area (Å²) in [5.74, 6) is -0.310. The zero-order valence-electron chi connectivity index (χ0n) is 11.2. The molecule has 1 aromatic carbocycles. The highest BCUT2D eigenvalue weighted by atomic mass is 79.9. The summed E-state index contributed by atoms with van der Waals surface area (Å²) in [7, 11) is 0. The fourth-order valence-electron chi connectivity index (χ4n) is 2.62. The second kappa shape index (κ2) is 6.53. The number of hydrogen-bond donors (Lipinski definition) is 1. The minimum atomic E-state index is -0.667. The molecule has 1 N–H and O–H groups in total. The molecule has 1 aliphatic rings. The number of likely N-dealkylation sites (tertiary alicyclic amines) is 1. The second-order valence-electron chi connectivity index (χ2n) is 5.41. The fourth-order valence-corrected chi connectivity index (χ4v) is 3.24. The van der Waals surface area contributed by atoms with Crippen molar-refractivity contribution < 1.29 is 9.90 Å². The summed E-state index contributed by atoms with van der Waals surface area (Å²) in [5, 5.41) is 8.81. The van der Waals surface area contributed by atoms with Crippen LogP contribution in [0, 0.1) is 12.8 Å². The number of benzene rings is 1. The number of halogens is 1. The molecule has 0 bridgehead atoms. The Hall–Kier alpha value is -0.870. The highest BCUT2D eigenvalue weighted by Crippen LogP contribution is 2.24. The summed E-state index contributed by atoms with van der Waals surface area (Å²) in [4.78, 5) is 13.1. The number of piperidine rings is 1. The number of nitrogens with zero attached hydrogens (tertiary/aromatic N) is 1. The SMILES string of the molecule is Cc1ccc(CN2CCC(CC(=O)O)CC2)c(Br)c1. The zero-order valence-corrected chi connectivity index (χ0v) is 12.8. The first-order chi connectivity index (χ1) is 9.04. The van der Waals surface area contributed by atoms with Gasteiger partial charge >= 0.3 is 5.97 Å². The molecule has 0 spiro atoms. The topological polar surface area (TPSA) is 40.5 Å². The van der Waals surface area contributed by atoms with Crippen LogP contribution in [0.5, 0.6) is 0 Å². The molecule has 104 valence electrons. The predicted octanol–water partition coefficient (Wildman–Crippen LogP) is 3.44. The summed E-state index contributed by atoms with van der Waals surface area (Å²) in [5.41, 5.74) is 2.57. The number of carboxylic acids is 1. The number of hydrogen-bond acceptors (Lipinski definition) is 2. The molecule has 0 amide bonds. The third-order valence-electron chi connectivity index (χ3n) is 3.77. The van der Waals surface area contributed by atoms with Gasteiger partial charge in [0.1, 0.15) is 0 Å². The Bertz CT molecular complexity index is 453. The second-order valence-corrected chi connectivity index (χ2v) is 6.27.